The molecule has 2 aliphatic carbocycles. The van der Waals surface area contributed by atoms with Crippen molar-refractivity contribution in [1.29, 1.82) is 0 Å². The summed E-state index contributed by atoms with van der Waals surface area (Å²) in [6.07, 6.45) is 13.6. The van der Waals surface area contributed by atoms with E-state index < -0.39 is 0 Å². The third kappa shape index (κ3) is 2.59. The molecule has 32 heavy (non-hydrogen) atoms. The molecule has 0 fully saturated rings. The topological polar surface area (TPSA) is 20.7 Å². The Morgan fingerprint density at radius 2 is 1.44 bits per heavy atom. The third-order valence-corrected chi connectivity index (χ3v) is 7.05. The zero-order chi connectivity index (χ0) is 21.1. The molecule has 2 heterocycles. The van der Waals surface area contributed by atoms with E-state index in [9.17, 15) is 0 Å². The highest BCUT2D eigenvalue weighted by atomic mass is 15.0. The first-order valence-corrected chi connectivity index (χ1v) is 11.6. The van der Waals surface area contributed by atoms with Gasteiger partial charge >= 0.3 is 0 Å². The number of allylic oxidation sites excluding steroid dienone is 2. The molecular formula is C30H24N2. The molecule has 2 nitrogen and oxygen atoms in total. The number of aromatic nitrogens is 2. The minimum Gasteiger partial charge on any atom is -0.358 e. The molecule has 0 radical (unpaired) electrons. The van der Waals surface area contributed by atoms with E-state index in [1.165, 1.54) is 61.1 Å². The van der Waals surface area contributed by atoms with E-state index in [4.69, 9.17) is 0 Å². The number of benzene rings is 3. The molecular weight excluding hydrogens is 388 g/mol. The van der Waals surface area contributed by atoms with Crippen LogP contribution in [0.3, 0.4) is 0 Å². The number of fused-ring (bicyclic) bond motifs is 6. The standard InChI is InChI=1S/C30H24N2/c1-2-8-22(9-3-1)32-29-13-7-5-11-24(29)26-19-21(15-17-30(26)32)20-14-16-28-25(18-20)23-10-4-6-12-27(23)31-28/h1-5,8-11,14-19,31H,6-7,12-13H2. The molecule has 2 aliphatic rings. The predicted molar refractivity (Wildman–Crippen MR) is 135 cm³/mol. The summed E-state index contributed by atoms with van der Waals surface area (Å²) in [6.45, 7) is 0. The number of aryl methyl sites for hydroxylation is 1. The molecule has 1 N–H and O–H groups in total. The van der Waals surface area contributed by atoms with Crippen molar-refractivity contribution in [3.05, 3.63) is 101 Å². The smallest absolute Gasteiger partial charge is 0.0538 e. The molecule has 7 rings (SSSR count). The summed E-state index contributed by atoms with van der Waals surface area (Å²) in [5, 5.41) is 2.67. The van der Waals surface area contributed by atoms with Gasteiger partial charge in [0.25, 0.3) is 0 Å². The van der Waals surface area contributed by atoms with E-state index >= 15 is 0 Å². The zero-order valence-corrected chi connectivity index (χ0v) is 17.9. The second-order valence-electron chi connectivity index (χ2n) is 8.92. The molecule has 0 saturated carbocycles. The average Bonchev–Trinajstić information content (AvgIpc) is 3.39. The number of hydrogen-bond donors (Lipinski definition) is 1. The first-order valence-electron chi connectivity index (χ1n) is 11.6. The molecule has 2 aromatic heterocycles. The predicted octanol–water partition coefficient (Wildman–Crippen LogP) is 7.70. The van der Waals surface area contributed by atoms with Crippen LogP contribution in [0.1, 0.15) is 35.4 Å². The fourth-order valence-corrected chi connectivity index (χ4v) is 5.54. The molecule has 0 spiro atoms. The quantitative estimate of drug-likeness (QED) is 0.307. The van der Waals surface area contributed by atoms with E-state index in [0.29, 0.717) is 0 Å². The number of nitrogens with one attached hydrogen (secondary N) is 1. The van der Waals surface area contributed by atoms with Crippen LogP contribution in [0.25, 0.3) is 50.8 Å². The first kappa shape index (κ1) is 17.9. The van der Waals surface area contributed by atoms with Gasteiger partial charge in [-0.15, -0.1) is 0 Å². The van der Waals surface area contributed by atoms with E-state index in [0.717, 1.165) is 25.7 Å². The van der Waals surface area contributed by atoms with Crippen LogP contribution in [0.4, 0.5) is 0 Å². The zero-order valence-electron chi connectivity index (χ0n) is 17.9. The van der Waals surface area contributed by atoms with Crippen molar-refractivity contribution < 1.29 is 0 Å². The number of H-pyrrole nitrogens is 1. The van der Waals surface area contributed by atoms with Gasteiger partial charge in [-0.3, -0.25) is 0 Å². The average molecular weight is 413 g/mol. The van der Waals surface area contributed by atoms with Crippen molar-refractivity contribution in [2.45, 2.75) is 25.7 Å². The summed E-state index contributed by atoms with van der Waals surface area (Å²) in [5.41, 5.74) is 11.9. The lowest BCUT2D eigenvalue weighted by Gasteiger charge is -2.13. The van der Waals surface area contributed by atoms with Crippen LogP contribution in [-0.2, 0) is 12.8 Å². The highest BCUT2D eigenvalue weighted by molar-refractivity contribution is 5.98. The third-order valence-electron chi connectivity index (χ3n) is 7.05. The minimum absolute atomic E-state index is 1.08. The molecule has 0 aliphatic heterocycles. The summed E-state index contributed by atoms with van der Waals surface area (Å²) in [4.78, 5) is 3.62. The van der Waals surface area contributed by atoms with Crippen LogP contribution in [0.5, 0.6) is 0 Å². The first-order chi connectivity index (χ1) is 15.9. The molecule has 0 saturated heterocycles. The molecule has 0 amide bonds. The van der Waals surface area contributed by atoms with Crippen LogP contribution in [0.15, 0.2) is 78.9 Å². The monoisotopic (exact) mass is 412 g/mol. The Bertz CT molecular complexity index is 1560. The van der Waals surface area contributed by atoms with E-state index in [-0.39, 0.29) is 0 Å². The lowest BCUT2D eigenvalue weighted by Crippen LogP contribution is -2.02. The molecule has 5 aromatic rings. The van der Waals surface area contributed by atoms with Gasteiger partial charge in [0.2, 0.25) is 0 Å². The van der Waals surface area contributed by atoms with Gasteiger partial charge in [0.05, 0.1) is 5.52 Å². The lowest BCUT2D eigenvalue weighted by molar-refractivity contribution is 0.888. The second-order valence-corrected chi connectivity index (χ2v) is 8.92. The van der Waals surface area contributed by atoms with Gasteiger partial charge in [0, 0.05) is 44.5 Å². The van der Waals surface area contributed by atoms with E-state index in [1.807, 2.05) is 0 Å². The largest absolute Gasteiger partial charge is 0.358 e. The second kappa shape index (κ2) is 6.86. The van der Waals surface area contributed by atoms with E-state index in [2.05, 4.69) is 101 Å². The maximum atomic E-state index is 3.62. The van der Waals surface area contributed by atoms with Crippen molar-refractivity contribution in [3.8, 4) is 16.8 Å². The Labute approximate surface area is 187 Å². The molecule has 0 unspecified atom stereocenters. The molecule has 0 bridgehead atoms. The maximum Gasteiger partial charge on any atom is 0.0538 e. The van der Waals surface area contributed by atoms with Crippen LogP contribution < -0.4 is 0 Å². The highest BCUT2D eigenvalue weighted by Gasteiger charge is 2.19. The highest BCUT2D eigenvalue weighted by Crippen LogP contribution is 2.37. The van der Waals surface area contributed by atoms with Crippen molar-refractivity contribution in [3.63, 3.8) is 0 Å². The van der Waals surface area contributed by atoms with Crippen LogP contribution in [-0.4, -0.2) is 9.55 Å². The molecule has 154 valence electrons. The van der Waals surface area contributed by atoms with Crippen molar-refractivity contribution in [2.75, 3.05) is 0 Å². The van der Waals surface area contributed by atoms with E-state index in [1.54, 1.807) is 0 Å². The number of para-hydroxylation sites is 1. The number of nitrogens with zero attached hydrogens (tertiary/aromatic N) is 1. The Hall–Kier alpha value is -3.78. The van der Waals surface area contributed by atoms with Crippen molar-refractivity contribution in [2.24, 2.45) is 0 Å². The summed E-state index contributed by atoms with van der Waals surface area (Å²) < 4.78 is 2.45. The maximum absolute atomic E-state index is 3.62. The van der Waals surface area contributed by atoms with Gasteiger partial charge in [-0.25, -0.2) is 0 Å². The van der Waals surface area contributed by atoms with Gasteiger partial charge < -0.3 is 9.55 Å². The minimum atomic E-state index is 1.08. The van der Waals surface area contributed by atoms with Gasteiger partial charge in [-0.1, -0.05) is 54.6 Å². The molecule has 2 heteroatoms. The molecule has 3 aromatic carbocycles. The van der Waals surface area contributed by atoms with Gasteiger partial charge in [0.1, 0.15) is 0 Å². The van der Waals surface area contributed by atoms with Gasteiger partial charge in [-0.2, -0.15) is 0 Å². The Balaban J connectivity index is 1.44. The lowest BCUT2D eigenvalue weighted by atomic mass is 9.97. The molecule has 0 atom stereocenters. The number of hydrogen-bond acceptors (Lipinski definition) is 0. The Kier molecular flexibility index (Phi) is 3.83. The van der Waals surface area contributed by atoms with Crippen LogP contribution >= 0.6 is 0 Å². The Morgan fingerprint density at radius 3 is 2.31 bits per heavy atom. The normalized spacial score (nSPS) is 14.8. The van der Waals surface area contributed by atoms with Crippen LogP contribution in [0.2, 0.25) is 0 Å². The van der Waals surface area contributed by atoms with Gasteiger partial charge in [-0.05, 0) is 73.2 Å². The SMILES string of the molecule is C1=Cc2c([nH]c3ccc(-c4ccc5c(c4)c4c(n5-c5ccccc5)CCC=C4)cc23)CC1. The summed E-state index contributed by atoms with van der Waals surface area (Å²) >= 11 is 0. The van der Waals surface area contributed by atoms with Crippen molar-refractivity contribution >= 4 is 34.0 Å². The summed E-state index contributed by atoms with van der Waals surface area (Å²) in [5.74, 6) is 0. The van der Waals surface area contributed by atoms with Gasteiger partial charge in [0.15, 0.2) is 0 Å². The Morgan fingerprint density at radius 1 is 0.688 bits per heavy atom. The number of aromatic amines is 1. The fourth-order valence-electron chi connectivity index (χ4n) is 5.54. The van der Waals surface area contributed by atoms with Crippen LogP contribution in [0, 0.1) is 0 Å². The van der Waals surface area contributed by atoms with Crippen molar-refractivity contribution in [1.82, 2.24) is 9.55 Å². The summed E-state index contributed by atoms with van der Waals surface area (Å²) in [6, 6.07) is 24.6. The number of rotatable bonds is 2. The summed E-state index contributed by atoms with van der Waals surface area (Å²) in [7, 11) is 0. The fraction of sp³-hybridized carbons (Fsp3) is 0.133.